The molecule has 0 fully saturated rings. The van der Waals surface area contributed by atoms with E-state index in [4.69, 9.17) is 10.5 Å². The SMILES string of the molecule is CCOc1ccc2c(ccn2NC(=O)CN)c1. The molecule has 0 bridgehead atoms. The zero-order valence-corrected chi connectivity index (χ0v) is 9.64. The molecule has 0 atom stereocenters. The first-order valence-corrected chi connectivity index (χ1v) is 5.48. The molecule has 0 saturated heterocycles. The third kappa shape index (κ3) is 2.39. The highest BCUT2D eigenvalue weighted by Gasteiger charge is 2.04. The number of nitrogens with one attached hydrogen (secondary N) is 1. The second-order valence-corrected chi connectivity index (χ2v) is 3.58. The maximum Gasteiger partial charge on any atom is 0.252 e. The van der Waals surface area contributed by atoms with E-state index in [9.17, 15) is 4.79 Å². The average molecular weight is 233 g/mol. The van der Waals surface area contributed by atoms with E-state index in [-0.39, 0.29) is 12.5 Å². The third-order valence-corrected chi connectivity index (χ3v) is 2.40. The van der Waals surface area contributed by atoms with E-state index >= 15 is 0 Å². The second kappa shape index (κ2) is 4.88. The fourth-order valence-corrected chi connectivity index (χ4v) is 1.65. The van der Waals surface area contributed by atoms with Gasteiger partial charge in [0.25, 0.3) is 5.91 Å². The lowest BCUT2D eigenvalue weighted by Gasteiger charge is -2.07. The summed E-state index contributed by atoms with van der Waals surface area (Å²) in [7, 11) is 0. The van der Waals surface area contributed by atoms with Crippen molar-refractivity contribution in [1.82, 2.24) is 4.68 Å². The van der Waals surface area contributed by atoms with Crippen LogP contribution in [0.25, 0.3) is 10.9 Å². The Kier molecular flexibility index (Phi) is 3.30. The van der Waals surface area contributed by atoms with Gasteiger partial charge in [-0.15, -0.1) is 0 Å². The summed E-state index contributed by atoms with van der Waals surface area (Å²) in [6.07, 6.45) is 1.79. The van der Waals surface area contributed by atoms with Crippen LogP contribution in [-0.2, 0) is 4.79 Å². The van der Waals surface area contributed by atoms with Crippen molar-refractivity contribution in [2.24, 2.45) is 5.73 Å². The molecule has 0 aliphatic heterocycles. The molecule has 0 spiro atoms. The normalized spacial score (nSPS) is 10.5. The first-order chi connectivity index (χ1) is 8.24. The number of nitrogens with zero attached hydrogens (tertiary/aromatic N) is 1. The Morgan fingerprint density at radius 1 is 1.47 bits per heavy atom. The minimum absolute atomic E-state index is 0.0310. The summed E-state index contributed by atoms with van der Waals surface area (Å²) in [4.78, 5) is 11.2. The van der Waals surface area contributed by atoms with Gasteiger partial charge in [0.15, 0.2) is 0 Å². The molecule has 3 N–H and O–H groups in total. The van der Waals surface area contributed by atoms with Gasteiger partial charge in [-0.2, -0.15) is 0 Å². The molecule has 2 aromatic rings. The molecule has 1 amide bonds. The minimum atomic E-state index is -0.226. The molecule has 5 heteroatoms. The fraction of sp³-hybridized carbons (Fsp3) is 0.250. The van der Waals surface area contributed by atoms with E-state index in [0.717, 1.165) is 16.7 Å². The van der Waals surface area contributed by atoms with Gasteiger partial charge in [-0.3, -0.25) is 14.9 Å². The van der Waals surface area contributed by atoms with Gasteiger partial charge >= 0.3 is 0 Å². The monoisotopic (exact) mass is 233 g/mol. The average Bonchev–Trinajstić information content (AvgIpc) is 2.72. The fourth-order valence-electron chi connectivity index (χ4n) is 1.65. The number of amides is 1. The molecule has 90 valence electrons. The molecule has 1 heterocycles. The van der Waals surface area contributed by atoms with Crippen molar-refractivity contribution in [3.8, 4) is 5.75 Å². The van der Waals surface area contributed by atoms with Crippen LogP contribution in [0, 0.1) is 0 Å². The number of carbonyl (C=O) groups is 1. The Morgan fingerprint density at radius 2 is 2.29 bits per heavy atom. The van der Waals surface area contributed by atoms with Crippen molar-refractivity contribution in [2.75, 3.05) is 18.6 Å². The lowest BCUT2D eigenvalue weighted by molar-refractivity contribution is -0.115. The summed E-state index contributed by atoms with van der Waals surface area (Å²) in [5, 5.41) is 1.01. The molecule has 2 rings (SSSR count). The molecule has 0 unspecified atom stereocenters. The van der Waals surface area contributed by atoms with Crippen molar-refractivity contribution >= 4 is 16.8 Å². The van der Waals surface area contributed by atoms with E-state index in [1.165, 1.54) is 0 Å². The van der Waals surface area contributed by atoms with Gasteiger partial charge < -0.3 is 10.5 Å². The Bertz CT molecular complexity index is 534. The van der Waals surface area contributed by atoms with Crippen molar-refractivity contribution in [2.45, 2.75) is 6.92 Å². The van der Waals surface area contributed by atoms with Crippen molar-refractivity contribution in [3.05, 3.63) is 30.5 Å². The van der Waals surface area contributed by atoms with Gasteiger partial charge in [-0.1, -0.05) is 0 Å². The van der Waals surface area contributed by atoms with E-state index < -0.39 is 0 Å². The summed E-state index contributed by atoms with van der Waals surface area (Å²) in [6.45, 7) is 2.55. The molecule has 1 aromatic carbocycles. The molecule has 0 aliphatic rings. The summed E-state index contributed by atoms with van der Waals surface area (Å²) in [5.41, 5.74) is 8.84. The van der Waals surface area contributed by atoms with Crippen LogP contribution in [0.3, 0.4) is 0 Å². The number of benzene rings is 1. The minimum Gasteiger partial charge on any atom is -0.494 e. The Morgan fingerprint density at radius 3 is 3.00 bits per heavy atom. The number of nitrogens with two attached hydrogens (primary N) is 1. The van der Waals surface area contributed by atoms with Gasteiger partial charge in [-0.05, 0) is 31.2 Å². The zero-order chi connectivity index (χ0) is 12.3. The standard InChI is InChI=1S/C12H15N3O2/c1-2-17-10-3-4-11-9(7-10)5-6-15(11)14-12(16)8-13/h3-7H,2,8,13H2,1H3,(H,14,16). The highest BCUT2D eigenvalue weighted by molar-refractivity contribution is 5.89. The summed E-state index contributed by atoms with van der Waals surface area (Å²) in [6, 6.07) is 7.62. The van der Waals surface area contributed by atoms with Gasteiger partial charge in [-0.25, -0.2) is 0 Å². The van der Waals surface area contributed by atoms with E-state index in [2.05, 4.69) is 5.43 Å². The van der Waals surface area contributed by atoms with Crippen LogP contribution in [-0.4, -0.2) is 23.7 Å². The zero-order valence-electron chi connectivity index (χ0n) is 9.64. The smallest absolute Gasteiger partial charge is 0.252 e. The van der Waals surface area contributed by atoms with Crippen LogP contribution < -0.4 is 15.9 Å². The van der Waals surface area contributed by atoms with Crippen molar-refractivity contribution in [3.63, 3.8) is 0 Å². The first-order valence-electron chi connectivity index (χ1n) is 5.48. The van der Waals surface area contributed by atoms with Gasteiger partial charge in [0.05, 0.1) is 18.7 Å². The van der Waals surface area contributed by atoms with Crippen molar-refractivity contribution < 1.29 is 9.53 Å². The Hall–Kier alpha value is -2.01. The van der Waals surface area contributed by atoms with Crippen LogP contribution in [0.15, 0.2) is 30.5 Å². The number of fused-ring (bicyclic) bond motifs is 1. The summed E-state index contributed by atoms with van der Waals surface area (Å²) in [5.74, 6) is 0.597. The van der Waals surface area contributed by atoms with Crippen LogP contribution in [0.1, 0.15) is 6.92 Å². The topological polar surface area (TPSA) is 69.3 Å². The predicted octanol–water partition coefficient (Wildman–Crippen LogP) is 1.07. The maximum atomic E-state index is 11.2. The second-order valence-electron chi connectivity index (χ2n) is 3.58. The van der Waals surface area contributed by atoms with E-state index in [1.807, 2.05) is 31.2 Å². The Balaban J connectivity index is 2.31. The maximum absolute atomic E-state index is 11.2. The highest BCUT2D eigenvalue weighted by atomic mass is 16.5. The molecule has 17 heavy (non-hydrogen) atoms. The van der Waals surface area contributed by atoms with E-state index in [0.29, 0.717) is 6.61 Å². The lowest BCUT2D eigenvalue weighted by Crippen LogP contribution is -2.28. The largest absolute Gasteiger partial charge is 0.494 e. The quantitative estimate of drug-likeness (QED) is 0.830. The number of ether oxygens (including phenoxy) is 1. The molecule has 0 saturated carbocycles. The number of hydrogen-bond donors (Lipinski definition) is 2. The van der Waals surface area contributed by atoms with Crippen LogP contribution >= 0.6 is 0 Å². The Labute approximate surface area is 99.1 Å². The van der Waals surface area contributed by atoms with E-state index in [1.54, 1.807) is 10.9 Å². The molecule has 0 radical (unpaired) electrons. The summed E-state index contributed by atoms with van der Waals surface area (Å²) >= 11 is 0. The highest BCUT2D eigenvalue weighted by Crippen LogP contribution is 2.21. The van der Waals surface area contributed by atoms with Crippen molar-refractivity contribution in [1.29, 1.82) is 0 Å². The third-order valence-electron chi connectivity index (χ3n) is 2.40. The predicted molar refractivity (Wildman–Crippen MR) is 66.5 cm³/mol. The molecular weight excluding hydrogens is 218 g/mol. The first kappa shape index (κ1) is 11.5. The molecule has 1 aromatic heterocycles. The van der Waals surface area contributed by atoms with Gasteiger partial charge in [0.1, 0.15) is 5.75 Å². The molecular formula is C12H15N3O2. The van der Waals surface area contributed by atoms with Gasteiger partial charge in [0, 0.05) is 11.6 Å². The molecule has 0 aliphatic carbocycles. The van der Waals surface area contributed by atoms with Crippen LogP contribution in [0.2, 0.25) is 0 Å². The van der Waals surface area contributed by atoms with Crippen LogP contribution in [0.5, 0.6) is 5.75 Å². The lowest BCUT2D eigenvalue weighted by atomic mass is 10.2. The summed E-state index contributed by atoms with van der Waals surface area (Å²) < 4.78 is 7.06. The molecule has 5 nitrogen and oxygen atoms in total. The van der Waals surface area contributed by atoms with Gasteiger partial charge in [0.2, 0.25) is 0 Å². The number of carbonyl (C=O) groups excluding carboxylic acids is 1. The number of hydrogen-bond acceptors (Lipinski definition) is 3. The van der Waals surface area contributed by atoms with Crippen LogP contribution in [0.4, 0.5) is 0 Å². The number of rotatable bonds is 4. The number of aromatic nitrogens is 1.